The van der Waals surface area contributed by atoms with E-state index in [1.807, 2.05) is 0 Å². The second-order valence-electron chi connectivity index (χ2n) is 4.86. The highest BCUT2D eigenvalue weighted by Gasteiger charge is 2.12. The first-order valence-corrected chi connectivity index (χ1v) is 9.01. The molecule has 1 aliphatic rings. The molecule has 0 spiro atoms. The van der Waals surface area contributed by atoms with E-state index in [0.29, 0.717) is 0 Å². The summed E-state index contributed by atoms with van der Waals surface area (Å²) >= 11 is 8.81. The highest BCUT2D eigenvalue weighted by Crippen LogP contribution is 2.29. The van der Waals surface area contributed by atoms with E-state index in [1.165, 1.54) is 43.4 Å². The molecule has 0 amide bonds. The summed E-state index contributed by atoms with van der Waals surface area (Å²) < 4.78 is 5.76. The molecule has 100 valence electrons. The summed E-state index contributed by atoms with van der Waals surface area (Å²) in [6.07, 6.45) is 8.52. The molecule has 0 aromatic heterocycles. The van der Waals surface area contributed by atoms with Crippen molar-refractivity contribution in [2.75, 3.05) is 6.54 Å². The zero-order chi connectivity index (χ0) is 12.8. The Balaban J connectivity index is 1.69. The van der Waals surface area contributed by atoms with Crippen LogP contribution in [0.3, 0.4) is 0 Å². The van der Waals surface area contributed by atoms with Gasteiger partial charge < -0.3 is 0 Å². The van der Waals surface area contributed by atoms with Crippen molar-refractivity contribution in [1.29, 1.82) is 0 Å². The molecule has 0 aliphatic heterocycles. The topological polar surface area (TPSA) is 12.0 Å². The number of benzene rings is 1. The van der Waals surface area contributed by atoms with Gasteiger partial charge in [-0.25, -0.2) is 0 Å². The van der Waals surface area contributed by atoms with E-state index < -0.39 is 0 Å². The lowest BCUT2D eigenvalue weighted by molar-refractivity contribution is 0.341. The molecule has 1 saturated carbocycles. The van der Waals surface area contributed by atoms with E-state index in [1.54, 1.807) is 11.9 Å². The van der Waals surface area contributed by atoms with Crippen LogP contribution < -0.4 is 4.72 Å². The van der Waals surface area contributed by atoms with E-state index in [0.717, 1.165) is 21.4 Å². The molecule has 1 N–H and O–H groups in total. The molecule has 4 heteroatoms. The van der Waals surface area contributed by atoms with Crippen LogP contribution in [0.25, 0.3) is 0 Å². The van der Waals surface area contributed by atoms with Crippen molar-refractivity contribution in [3.8, 4) is 0 Å². The van der Waals surface area contributed by atoms with Crippen molar-refractivity contribution >= 4 is 43.8 Å². The van der Waals surface area contributed by atoms with Crippen molar-refractivity contribution < 1.29 is 0 Å². The lowest BCUT2D eigenvalue weighted by Crippen LogP contribution is -2.14. The zero-order valence-corrected chi connectivity index (χ0v) is 14.4. The summed E-state index contributed by atoms with van der Waals surface area (Å²) in [7, 11) is 0. The minimum atomic E-state index is 0.956. The summed E-state index contributed by atoms with van der Waals surface area (Å²) in [4.78, 5) is 1.24. The predicted molar refractivity (Wildman–Crippen MR) is 86.9 cm³/mol. The number of nitrogens with one attached hydrogen (secondary N) is 1. The van der Waals surface area contributed by atoms with Crippen LogP contribution in [0.1, 0.15) is 38.5 Å². The first kappa shape index (κ1) is 14.9. The molecule has 2 rings (SSSR count). The molecule has 0 heterocycles. The van der Waals surface area contributed by atoms with Gasteiger partial charge in [-0.15, -0.1) is 0 Å². The van der Waals surface area contributed by atoms with Gasteiger partial charge in [0.1, 0.15) is 0 Å². The predicted octanol–water partition coefficient (Wildman–Crippen LogP) is 5.78. The van der Waals surface area contributed by atoms with Gasteiger partial charge in [-0.1, -0.05) is 48.0 Å². The Morgan fingerprint density at radius 2 is 1.94 bits per heavy atom. The van der Waals surface area contributed by atoms with E-state index in [-0.39, 0.29) is 0 Å². The first-order valence-electron chi connectivity index (χ1n) is 6.60. The Bertz CT molecular complexity index is 378. The molecule has 0 radical (unpaired) electrons. The molecular weight excluding hydrogens is 374 g/mol. The van der Waals surface area contributed by atoms with Gasteiger partial charge in [0.2, 0.25) is 0 Å². The molecular formula is C14H19Br2NS. The van der Waals surface area contributed by atoms with E-state index in [4.69, 9.17) is 0 Å². The Morgan fingerprint density at radius 3 is 2.72 bits per heavy atom. The monoisotopic (exact) mass is 391 g/mol. The van der Waals surface area contributed by atoms with Gasteiger partial charge in [-0.3, -0.25) is 4.72 Å². The van der Waals surface area contributed by atoms with Gasteiger partial charge in [0, 0.05) is 20.4 Å². The molecule has 0 bridgehead atoms. The maximum Gasteiger partial charge on any atom is 0.0381 e. The van der Waals surface area contributed by atoms with Crippen molar-refractivity contribution in [2.24, 2.45) is 5.92 Å². The Morgan fingerprint density at radius 1 is 1.17 bits per heavy atom. The van der Waals surface area contributed by atoms with Crippen LogP contribution in [-0.2, 0) is 0 Å². The fourth-order valence-electron chi connectivity index (χ4n) is 2.42. The fraction of sp³-hybridized carbons (Fsp3) is 0.571. The first-order chi connectivity index (χ1) is 8.75. The molecule has 18 heavy (non-hydrogen) atoms. The third-order valence-corrected chi connectivity index (χ3v) is 5.81. The summed E-state index contributed by atoms with van der Waals surface area (Å²) in [6.45, 7) is 1.11. The molecule has 1 aliphatic carbocycles. The van der Waals surface area contributed by atoms with E-state index >= 15 is 0 Å². The van der Waals surface area contributed by atoms with E-state index in [9.17, 15) is 0 Å². The molecule has 0 saturated heterocycles. The summed E-state index contributed by atoms with van der Waals surface area (Å²) in [5.41, 5.74) is 0. The maximum absolute atomic E-state index is 3.58. The average Bonchev–Trinajstić information content (AvgIpc) is 2.40. The van der Waals surface area contributed by atoms with Gasteiger partial charge >= 0.3 is 0 Å². The summed E-state index contributed by atoms with van der Waals surface area (Å²) in [5.74, 6) is 0.956. The van der Waals surface area contributed by atoms with Crippen LogP contribution in [-0.4, -0.2) is 6.54 Å². The van der Waals surface area contributed by atoms with Gasteiger partial charge in [0.15, 0.2) is 0 Å². The summed E-state index contributed by atoms with van der Waals surface area (Å²) in [5, 5.41) is 0. The quantitative estimate of drug-likeness (QED) is 0.503. The molecule has 1 fully saturated rings. The minimum absolute atomic E-state index is 0.956. The number of hydrogen-bond acceptors (Lipinski definition) is 2. The van der Waals surface area contributed by atoms with Crippen LogP contribution in [0, 0.1) is 5.92 Å². The standard InChI is InChI=1S/C14H19Br2NS/c15-12-6-7-13(16)14(10-12)18-17-9-8-11-4-2-1-3-5-11/h6-7,10-11,17H,1-5,8-9H2. The smallest absolute Gasteiger partial charge is 0.0381 e. The van der Waals surface area contributed by atoms with Crippen LogP contribution in [0.4, 0.5) is 0 Å². The lowest BCUT2D eigenvalue weighted by atomic mass is 9.87. The molecule has 0 atom stereocenters. The summed E-state index contributed by atoms with van der Waals surface area (Å²) in [6, 6.07) is 6.27. The molecule has 1 aromatic rings. The maximum atomic E-state index is 3.58. The fourth-order valence-corrected chi connectivity index (χ4v) is 4.15. The van der Waals surface area contributed by atoms with E-state index in [2.05, 4.69) is 54.8 Å². The molecule has 1 aromatic carbocycles. The average molecular weight is 393 g/mol. The highest BCUT2D eigenvalue weighted by atomic mass is 79.9. The largest absolute Gasteiger partial charge is 0.260 e. The number of rotatable bonds is 5. The third-order valence-electron chi connectivity index (χ3n) is 3.45. The van der Waals surface area contributed by atoms with Crippen molar-refractivity contribution in [2.45, 2.75) is 43.4 Å². The van der Waals surface area contributed by atoms with Crippen LogP contribution >= 0.6 is 43.8 Å². The van der Waals surface area contributed by atoms with Gasteiger partial charge in [-0.2, -0.15) is 0 Å². The number of halogens is 2. The zero-order valence-electron chi connectivity index (χ0n) is 10.4. The van der Waals surface area contributed by atoms with Gasteiger partial charge in [0.25, 0.3) is 0 Å². The third kappa shape index (κ3) is 4.87. The SMILES string of the molecule is Brc1ccc(Br)c(SNCCC2CCCCC2)c1. The van der Waals surface area contributed by atoms with Crippen molar-refractivity contribution in [3.05, 3.63) is 27.1 Å². The van der Waals surface area contributed by atoms with Crippen molar-refractivity contribution in [3.63, 3.8) is 0 Å². The van der Waals surface area contributed by atoms with Crippen LogP contribution in [0.15, 0.2) is 32.0 Å². The van der Waals surface area contributed by atoms with Crippen molar-refractivity contribution in [1.82, 2.24) is 4.72 Å². The van der Waals surface area contributed by atoms with Gasteiger partial charge in [-0.05, 0) is 58.4 Å². The second-order valence-corrected chi connectivity index (χ2v) is 7.57. The molecule has 0 unspecified atom stereocenters. The van der Waals surface area contributed by atoms with Crippen LogP contribution in [0.5, 0.6) is 0 Å². The Kier molecular flexibility index (Phi) is 6.56. The second kappa shape index (κ2) is 7.93. The Labute approximate surface area is 131 Å². The Hall–Kier alpha value is 0.490. The van der Waals surface area contributed by atoms with Gasteiger partial charge in [0.05, 0.1) is 0 Å². The lowest BCUT2D eigenvalue weighted by Gasteiger charge is -2.21. The van der Waals surface area contributed by atoms with Crippen LogP contribution in [0.2, 0.25) is 0 Å². The number of hydrogen-bond donors (Lipinski definition) is 1. The molecule has 1 nitrogen and oxygen atoms in total. The normalized spacial score (nSPS) is 17.0. The highest BCUT2D eigenvalue weighted by molar-refractivity contribution is 9.11. The minimum Gasteiger partial charge on any atom is -0.260 e.